The molecule has 10 heteroatoms. The quantitative estimate of drug-likeness (QED) is 0.548. The van der Waals surface area contributed by atoms with Crippen LogP contribution in [-0.2, 0) is 16.6 Å². The highest BCUT2D eigenvalue weighted by Gasteiger charge is 2.27. The summed E-state index contributed by atoms with van der Waals surface area (Å²) < 4.78 is 40.3. The van der Waals surface area contributed by atoms with E-state index >= 15 is 0 Å². The summed E-state index contributed by atoms with van der Waals surface area (Å²) in [5.41, 5.74) is 1.10. The molecular formula is C22H19N3O5S2. The number of ether oxygens (including phenoxy) is 2. The second-order valence-corrected chi connectivity index (χ2v) is 10.3. The first-order chi connectivity index (χ1) is 15.5. The third-order valence-corrected chi connectivity index (χ3v) is 8.38. The van der Waals surface area contributed by atoms with E-state index in [-0.39, 0.29) is 18.2 Å². The van der Waals surface area contributed by atoms with Gasteiger partial charge in [0.1, 0.15) is 0 Å². The Hall–Kier alpha value is -3.13. The van der Waals surface area contributed by atoms with E-state index in [1.165, 1.54) is 39.9 Å². The van der Waals surface area contributed by atoms with Gasteiger partial charge in [-0.05, 0) is 37.1 Å². The van der Waals surface area contributed by atoms with Crippen molar-refractivity contribution < 1.29 is 22.7 Å². The second kappa shape index (κ2) is 8.09. The van der Waals surface area contributed by atoms with Gasteiger partial charge in [0.2, 0.25) is 16.8 Å². The molecule has 5 rings (SSSR count). The van der Waals surface area contributed by atoms with E-state index in [4.69, 9.17) is 15.9 Å². The average Bonchev–Trinajstić information content (AvgIpc) is 3.54. The first-order valence-corrected chi connectivity index (χ1v) is 12.3. The van der Waals surface area contributed by atoms with Gasteiger partial charge in [0.25, 0.3) is 5.91 Å². The number of carbonyl (C=O) groups is 1. The van der Waals surface area contributed by atoms with Crippen LogP contribution in [0.1, 0.15) is 23.2 Å². The Kier molecular flexibility index (Phi) is 5.25. The molecule has 1 fully saturated rings. The maximum atomic E-state index is 12.8. The van der Waals surface area contributed by atoms with E-state index < -0.39 is 15.9 Å². The Bertz CT molecular complexity index is 1420. The van der Waals surface area contributed by atoms with Gasteiger partial charge in [0, 0.05) is 30.8 Å². The number of amides is 1. The maximum Gasteiger partial charge on any atom is 0.279 e. The van der Waals surface area contributed by atoms with Crippen molar-refractivity contribution in [1.29, 1.82) is 0 Å². The summed E-state index contributed by atoms with van der Waals surface area (Å²) in [5, 5.41) is 0. The van der Waals surface area contributed by atoms with Crippen molar-refractivity contribution in [1.82, 2.24) is 8.87 Å². The number of terminal acetylenes is 1. The minimum atomic E-state index is -3.53. The standard InChI is InChI=1S/C22H19N3O5S2/c1-2-9-25-17-12-18-19(30-14-29-18)13-20(17)31-22(25)23-21(26)15-5-7-16(8-6-15)32(27,28)24-10-3-4-11-24/h1,5-8,12-13H,3-4,9-11,14H2. The minimum absolute atomic E-state index is 0.168. The summed E-state index contributed by atoms with van der Waals surface area (Å²) in [7, 11) is -3.53. The number of nitrogens with zero attached hydrogens (tertiary/aromatic N) is 3. The van der Waals surface area contributed by atoms with E-state index in [0.717, 1.165) is 23.1 Å². The van der Waals surface area contributed by atoms with Crippen LogP contribution >= 0.6 is 11.3 Å². The lowest BCUT2D eigenvalue weighted by atomic mass is 10.2. The number of rotatable bonds is 4. The van der Waals surface area contributed by atoms with Crippen LogP contribution in [0.15, 0.2) is 46.3 Å². The molecular weight excluding hydrogens is 450 g/mol. The lowest BCUT2D eigenvalue weighted by Crippen LogP contribution is -2.27. The number of fused-ring (bicyclic) bond motifs is 2. The molecule has 2 aliphatic heterocycles. The number of sulfonamides is 1. The molecule has 0 saturated carbocycles. The third kappa shape index (κ3) is 3.58. The smallest absolute Gasteiger partial charge is 0.279 e. The molecule has 1 saturated heterocycles. The van der Waals surface area contributed by atoms with Crippen LogP contribution in [0.2, 0.25) is 0 Å². The van der Waals surface area contributed by atoms with Crippen molar-refractivity contribution in [2.24, 2.45) is 4.99 Å². The highest BCUT2D eigenvalue weighted by Crippen LogP contribution is 2.37. The van der Waals surface area contributed by atoms with Gasteiger partial charge in [0.15, 0.2) is 16.3 Å². The largest absolute Gasteiger partial charge is 0.454 e. The molecule has 0 N–H and O–H groups in total. The van der Waals surface area contributed by atoms with Crippen molar-refractivity contribution in [3.63, 3.8) is 0 Å². The molecule has 2 aromatic carbocycles. The van der Waals surface area contributed by atoms with Crippen LogP contribution in [0.25, 0.3) is 10.2 Å². The van der Waals surface area contributed by atoms with E-state index in [1.807, 2.05) is 12.1 Å². The molecule has 0 atom stereocenters. The van der Waals surface area contributed by atoms with E-state index in [1.54, 1.807) is 4.57 Å². The number of hydrogen-bond acceptors (Lipinski definition) is 6. The second-order valence-electron chi connectivity index (χ2n) is 7.40. The molecule has 0 radical (unpaired) electrons. The van der Waals surface area contributed by atoms with Gasteiger partial charge >= 0.3 is 0 Å². The molecule has 1 amide bonds. The summed E-state index contributed by atoms with van der Waals surface area (Å²) in [6.07, 6.45) is 7.26. The first-order valence-electron chi connectivity index (χ1n) is 10.0. The van der Waals surface area contributed by atoms with Crippen molar-refractivity contribution in [2.75, 3.05) is 19.9 Å². The number of carbonyl (C=O) groups excluding carboxylic acids is 1. The molecule has 164 valence electrons. The van der Waals surface area contributed by atoms with Crippen molar-refractivity contribution in [3.8, 4) is 23.8 Å². The zero-order chi connectivity index (χ0) is 22.3. The van der Waals surface area contributed by atoms with Crippen LogP contribution in [0.5, 0.6) is 11.5 Å². The molecule has 1 aromatic heterocycles. The SMILES string of the molecule is C#CCn1c(=NC(=O)c2ccc(S(=O)(=O)N3CCCC3)cc2)sc2cc3c(cc21)OCO3. The fraction of sp³-hybridized carbons (Fsp3) is 0.273. The lowest BCUT2D eigenvalue weighted by Gasteiger charge is -2.15. The predicted molar refractivity (Wildman–Crippen MR) is 119 cm³/mol. The Balaban J connectivity index is 1.49. The molecule has 0 unspecified atom stereocenters. The lowest BCUT2D eigenvalue weighted by molar-refractivity contribution is 0.0997. The summed E-state index contributed by atoms with van der Waals surface area (Å²) in [5.74, 6) is 3.37. The molecule has 0 spiro atoms. The zero-order valence-corrected chi connectivity index (χ0v) is 18.6. The highest BCUT2D eigenvalue weighted by atomic mass is 32.2. The van der Waals surface area contributed by atoms with Gasteiger partial charge < -0.3 is 14.0 Å². The minimum Gasteiger partial charge on any atom is -0.454 e. The first kappa shape index (κ1) is 20.8. The van der Waals surface area contributed by atoms with Crippen LogP contribution < -0.4 is 14.3 Å². The molecule has 2 aliphatic rings. The number of hydrogen-bond donors (Lipinski definition) is 0. The number of aromatic nitrogens is 1. The normalized spacial score (nSPS) is 16.5. The molecule has 8 nitrogen and oxygen atoms in total. The van der Waals surface area contributed by atoms with Crippen molar-refractivity contribution in [2.45, 2.75) is 24.3 Å². The van der Waals surface area contributed by atoms with E-state index in [9.17, 15) is 13.2 Å². The summed E-state index contributed by atoms with van der Waals surface area (Å²) in [6.45, 7) is 1.46. The predicted octanol–water partition coefficient (Wildman–Crippen LogP) is 2.59. The van der Waals surface area contributed by atoms with Gasteiger partial charge in [-0.25, -0.2) is 8.42 Å². The highest BCUT2D eigenvalue weighted by molar-refractivity contribution is 7.89. The molecule has 3 heterocycles. The Morgan fingerprint density at radius 3 is 2.50 bits per heavy atom. The topological polar surface area (TPSA) is 90.2 Å². The molecule has 0 aliphatic carbocycles. The van der Waals surface area contributed by atoms with Gasteiger partial charge in [-0.1, -0.05) is 17.3 Å². The Labute approximate surface area is 188 Å². The average molecular weight is 470 g/mol. The van der Waals surface area contributed by atoms with Gasteiger partial charge in [-0.2, -0.15) is 9.30 Å². The van der Waals surface area contributed by atoms with Crippen LogP contribution in [0.4, 0.5) is 0 Å². The molecule has 3 aromatic rings. The van der Waals surface area contributed by atoms with E-state index in [0.29, 0.717) is 35.0 Å². The van der Waals surface area contributed by atoms with Gasteiger partial charge in [0.05, 0.1) is 21.7 Å². The monoisotopic (exact) mass is 469 g/mol. The van der Waals surface area contributed by atoms with Crippen molar-refractivity contribution >= 4 is 37.5 Å². The molecule has 32 heavy (non-hydrogen) atoms. The Morgan fingerprint density at radius 1 is 1.12 bits per heavy atom. The van der Waals surface area contributed by atoms with Gasteiger partial charge in [-0.15, -0.1) is 6.42 Å². The fourth-order valence-corrected chi connectivity index (χ4v) is 6.34. The van der Waals surface area contributed by atoms with Gasteiger partial charge in [-0.3, -0.25) is 4.79 Å². The third-order valence-electron chi connectivity index (χ3n) is 5.43. The van der Waals surface area contributed by atoms with Crippen molar-refractivity contribution in [3.05, 3.63) is 46.8 Å². The fourth-order valence-electron chi connectivity index (χ4n) is 3.79. The number of benzene rings is 2. The summed E-state index contributed by atoms with van der Waals surface area (Å²) >= 11 is 1.32. The molecule has 0 bridgehead atoms. The van der Waals surface area contributed by atoms with Crippen LogP contribution in [0, 0.1) is 12.3 Å². The zero-order valence-electron chi connectivity index (χ0n) is 17.0. The van der Waals surface area contributed by atoms with Crippen LogP contribution in [-0.4, -0.2) is 43.1 Å². The maximum absolute atomic E-state index is 12.8. The Morgan fingerprint density at radius 2 is 1.81 bits per heavy atom. The number of thiazole rings is 1. The van der Waals surface area contributed by atoms with E-state index in [2.05, 4.69) is 10.9 Å². The summed E-state index contributed by atoms with van der Waals surface area (Å²) in [6, 6.07) is 9.56. The summed E-state index contributed by atoms with van der Waals surface area (Å²) in [4.78, 5) is 17.7. The van der Waals surface area contributed by atoms with Crippen LogP contribution in [0.3, 0.4) is 0 Å².